The Morgan fingerprint density at radius 3 is 0.635 bits per heavy atom. The molecule has 0 spiro atoms. The molecule has 0 saturated carbocycles. The Hall–Kier alpha value is -0.264. The van der Waals surface area contributed by atoms with Gasteiger partial charge in [-0.25, -0.2) is 0 Å². The predicted molar refractivity (Wildman–Crippen MR) is 227 cm³/mol. The molecule has 0 N–H and O–H groups in total. The Labute approximate surface area is 423 Å². The molecule has 7 rings (SSSR count). The van der Waals surface area contributed by atoms with E-state index in [1.54, 1.807) is 0 Å². The molecular formula is C48H64Y4-4. The van der Waals surface area contributed by atoms with Crippen molar-refractivity contribution in [1.82, 2.24) is 0 Å². The van der Waals surface area contributed by atoms with Gasteiger partial charge >= 0.3 is 0 Å². The normalized spacial score (nSPS) is 7.52. The number of aryl methyl sites for hydroxylation is 1. The minimum Gasteiger partial charge on any atom is -0.358 e. The minimum absolute atomic E-state index is 0. The largest absolute Gasteiger partial charge is 0.358 e. The van der Waals surface area contributed by atoms with Crippen LogP contribution in [0.1, 0.15) is 54.0 Å². The number of hydrogen-bond donors (Lipinski definition) is 0. The van der Waals surface area contributed by atoms with Gasteiger partial charge in [-0.1, -0.05) is 212 Å². The first kappa shape index (κ1) is 69.6. The topological polar surface area (TPSA) is 0 Å². The van der Waals surface area contributed by atoms with E-state index < -0.39 is 0 Å². The third-order valence-corrected chi connectivity index (χ3v) is 6.19. The fourth-order valence-corrected chi connectivity index (χ4v) is 4.11. The molecule has 272 valence electrons. The Bertz CT molecular complexity index is 1460. The average Bonchev–Trinajstić information content (AvgIpc) is 3.15. The zero-order chi connectivity index (χ0) is 32.3. The second kappa shape index (κ2) is 48.8. The number of benzene rings is 7. The molecule has 0 aromatic heterocycles. The predicted octanol–water partition coefficient (Wildman–Crippen LogP) is 15.6. The maximum Gasteiger partial charge on any atom is 0 e. The van der Waals surface area contributed by atoms with Crippen molar-refractivity contribution < 1.29 is 131 Å². The van der Waals surface area contributed by atoms with E-state index in [0.29, 0.717) is 0 Å². The van der Waals surface area contributed by atoms with Crippen molar-refractivity contribution in [3.05, 3.63) is 211 Å². The average molecular weight is 997 g/mol. The maximum atomic E-state index is 2.24. The van der Waals surface area contributed by atoms with E-state index >= 15 is 0 Å². The van der Waals surface area contributed by atoms with Gasteiger partial charge in [-0.3, -0.25) is 0 Å². The molecule has 52 heavy (non-hydrogen) atoms. The smallest absolute Gasteiger partial charge is 0 e. The monoisotopic (exact) mass is 996 g/mol. The first-order valence-electron chi connectivity index (χ1n) is 16.2. The molecule has 0 aliphatic carbocycles. The van der Waals surface area contributed by atoms with Crippen LogP contribution >= 0.6 is 0 Å². The molecule has 0 fully saturated rings. The van der Waals surface area contributed by atoms with Gasteiger partial charge in [0.05, 0.1) is 0 Å². The zero-order valence-corrected chi connectivity index (χ0v) is 45.6. The molecule has 4 radical (unpaired) electrons. The standard InChI is InChI=1S/C14H10.C10H8.C8H10.C6H6.3C2H6.4CH3.4Y/c1-2-6-12-10-14-8-4-3-7-13(14)9-11(12)5-1;1-2-6-10-8-4-3-7-9(10)5-1;1-2-8-6-4-3-5-7-8;1-2-4-6-5-3-1;3*1-2;;;;;;;;/h1-10H;1-8H;3-7H,2H2,1H3;1-6H;3*1-2H3;4*1H3;;;;/q;;;;;;;4*-1;;;;. The van der Waals surface area contributed by atoms with Crippen LogP contribution in [-0.2, 0) is 137 Å². The van der Waals surface area contributed by atoms with Crippen LogP contribution in [0.4, 0.5) is 0 Å². The van der Waals surface area contributed by atoms with E-state index in [1.165, 1.54) is 37.9 Å². The fraction of sp³-hybridized carbons (Fsp3) is 0.167. The second-order valence-electron chi connectivity index (χ2n) is 8.89. The van der Waals surface area contributed by atoms with Gasteiger partial charge in [0.2, 0.25) is 0 Å². The Balaban J connectivity index is -0.0000000774. The molecule has 0 aliphatic rings. The van der Waals surface area contributed by atoms with E-state index in [1.807, 2.05) is 84.0 Å². The van der Waals surface area contributed by atoms with E-state index in [0.717, 1.165) is 6.42 Å². The molecule has 0 bridgehead atoms. The van der Waals surface area contributed by atoms with E-state index in [2.05, 4.69) is 140 Å². The van der Waals surface area contributed by atoms with Gasteiger partial charge in [-0.2, -0.15) is 0 Å². The minimum atomic E-state index is 0. The molecular weight excluding hydrogens is 932 g/mol. The summed E-state index contributed by atoms with van der Waals surface area (Å²) in [4.78, 5) is 0. The number of rotatable bonds is 1. The summed E-state index contributed by atoms with van der Waals surface area (Å²) in [5, 5.41) is 7.87. The summed E-state index contributed by atoms with van der Waals surface area (Å²) in [5.74, 6) is 0. The fourth-order valence-electron chi connectivity index (χ4n) is 4.11. The van der Waals surface area contributed by atoms with Crippen molar-refractivity contribution in [2.24, 2.45) is 0 Å². The SMILES string of the molecule is CC.CC.CC.CCc1ccccc1.[CH3-].[CH3-].[CH3-].[CH3-].[Y].[Y].[Y].[Y].c1ccc2cc3ccccc3cc2c1.c1ccc2ccccc2c1.c1ccccc1. The Morgan fingerprint density at radius 2 is 0.442 bits per heavy atom. The summed E-state index contributed by atoms with van der Waals surface area (Å²) in [6.45, 7) is 14.2. The van der Waals surface area contributed by atoms with Gasteiger partial charge in [-0.05, 0) is 56.4 Å². The summed E-state index contributed by atoms with van der Waals surface area (Å²) < 4.78 is 0. The van der Waals surface area contributed by atoms with Crippen molar-refractivity contribution in [1.29, 1.82) is 0 Å². The molecule has 7 aromatic rings. The second-order valence-corrected chi connectivity index (χ2v) is 8.89. The molecule has 0 heterocycles. The van der Waals surface area contributed by atoms with Crippen molar-refractivity contribution in [2.75, 3.05) is 0 Å². The summed E-state index contributed by atoms with van der Waals surface area (Å²) >= 11 is 0. The van der Waals surface area contributed by atoms with Crippen molar-refractivity contribution in [3.8, 4) is 0 Å². The van der Waals surface area contributed by atoms with Crippen LogP contribution in [0.5, 0.6) is 0 Å². The van der Waals surface area contributed by atoms with Gasteiger partial charge < -0.3 is 29.7 Å². The first-order chi connectivity index (χ1) is 21.8. The van der Waals surface area contributed by atoms with Crippen LogP contribution in [0, 0.1) is 29.7 Å². The Morgan fingerprint density at radius 1 is 0.269 bits per heavy atom. The molecule has 0 nitrogen and oxygen atoms in total. The van der Waals surface area contributed by atoms with Crippen LogP contribution in [0.2, 0.25) is 0 Å². The van der Waals surface area contributed by atoms with Crippen molar-refractivity contribution in [2.45, 2.75) is 54.9 Å². The van der Waals surface area contributed by atoms with Gasteiger partial charge in [0, 0.05) is 131 Å². The molecule has 7 aromatic carbocycles. The van der Waals surface area contributed by atoms with Crippen LogP contribution in [0.15, 0.2) is 176 Å². The summed E-state index contributed by atoms with van der Waals surface area (Å²) in [7, 11) is 0. The first-order valence-corrected chi connectivity index (χ1v) is 16.2. The van der Waals surface area contributed by atoms with Crippen LogP contribution in [0.3, 0.4) is 0 Å². The van der Waals surface area contributed by atoms with E-state index in [9.17, 15) is 0 Å². The molecule has 0 aliphatic heterocycles. The van der Waals surface area contributed by atoms with Gasteiger partial charge in [0.1, 0.15) is 0 Å². The summed E-state index contributed by atoms with van der Waals surface area (Å²) in [6.07, 6.45) is 1.14. The van der Waals surface area contributed by atoms with E-state index in [4.69, 9.17) is 0 Å². The number of fused-ring (bicyclic) bond motifs is 3. The van der Waals surface area contributed by atoms with Crippen LogP contribution in [0.25, 0.3) is 32.3 Å². The van der Waals surface area contributed by atoms with Gasteiger partial charge in [0.15, 0.2) is 0 Å². The van der Waals surface area contributed by atoms with Gasteiger partial charge in [-0.15, -0.1) is 0 Å². The van der Waals surface area contributed by atoms with Crippen LogP contribution < -0.4 is 0 Å². The van der Waals surface area contributed by atoms with Gasteiger partial charge in [0.25, 0.3) is 0 Å². The molecule has 0 unspecified atom stereocenters. The Kier molecular flexibility index (Phi) is 65.3. The summed E-state index contributed by atoms with van der Waals surface area (Å²) in [5.41, 5.74) is 1.41. The maximum absolute atomic E-state index is 2.24. The quantitative estimate of drug-likeness (QED) is 0.114. The summed E-state index contributed by atoms with van der Waals surface area (Å²) in [6, 6.07) is 60.6. The number of hydrogen-bond acceptors (Lipinski definition) is 0. The molecule has 4 heteroatoms. The third kappa shape index (κ3) is 29.1. The van der Waals surface area contributed by atoms with Crippen molar-refractivity contribution in [3.63, 3.8) is 0 Å². The van der Waals surface area contributed by atoms with E-state index in [-0.39, 0.29) is 161 Å². The molecule has 0 saturated heterocycles. The third-order valence-electron chi connectivity index (χ3n) is 6.19. The van der Waals surface area contributed by atoms with Crippen molar-refractivity contribution >= 4 is 32.3 Å². The molecule has 0 amide bonds. The zero-order valence-electron chi connectivity index (χ0n) is 34.3. The molecule has 0 atom stereocenters. The van der Waals surface area contributed by atoms with Crippen LogP contribution in [-0.4, -0.2) is 0 Å².